The number of rotatable bonds is 6. The van der Waals surface area contributed by atoms with Crippen LogP contribution in [-0.2, 0) is 6.54 Å². The van der Waals surface area contributed by atoms with E-state index in [0.29, 0.717) is 5.95 Å². The molecule has 6 heteroatoms. The average molecular weight is 277 g/mol. The number of aromatic nitrogens is 3. The Morgan fingerprint density at radius 2 is 2.21 bits per heavy atom. The van der Waals surface area contributed by atoms with E-state index in [0.717, 1.165) is 36.6 Å². The summed E-state index contributed by atoms with van der Waals surface area (Å²) in [6, 6.07) is 0. The van der Waals surface area contributed by atoms with Crippen molar-refractivity contribution >= 4 is 23.1 Å². The lowest BCUT2D eigenvalue weighted by molar-refractivity contribution is 0.858. The molecule has 2 rings (SSSR count). The van der Waals surface area contributed by atoms with Crippen molar-refractivity contribution in [1.82, 2.24) is 15.0 Å². The molecule has 0 unspecified atom stereocenters. The number of thiazole rings is 1. The van der Waals surface area contributed by atoms with Crippen LogP contribution in [0.5, 0.6) is 0 Å². The molecule has 0 fully saturated rings. The Morgan fingerprint density at radius 3 is 2.89 bits per heavy atom. The van der Waals surface area contributed by atoms with Crippen molar-refractivity contribution in [2.75, 3.05) is 23.8 Å². The summed E-state index contributed by atoms with van der Waals surface area (Å²) in [5.74, 6) is 1.63. The Morgan fingerprint density at radius 1 is 1.37 bits per heavy atom. The molecule has 19 heavy (non-hydrogen) atoms. The summed E-state index contributed by atoms with van der Waals surface area (Å²) < 4.78 is 0. The molecule has 0 saturated heterocycles. The Balaban J connectivity index is 2.13. The summed E-state index contributed by atoms with van der Waals surface area (Å²) in [5, 5.41) is 5.27. The van der Waals surface area contributed by atoms with Crippen molar-refractivity contribution in [1.29, 1.82) is 0 Å². The molecule has 5 nitrogen and oxygen atoms in total. The molecule has 2 aromatic rings. The highest BCUT2D eigenvalue weighted by Gasteiger charge is 2.10. The van der Waals surface area contributed by atoms with Gasteiger partial charge in [-0.25, -0.2) is 9.97 Å². The van der Waals surface area contributed by atoms with Crippen LogP contribution >= 0.6 is 11.3 Å². The van der Waals surface area contributed by atoms with Gasteiger partial charge in [-0.1, -0.05) is 6.92 Å². The van der Waals surface area contributed by atoms with Gasteiger partial charge in [0.05, 0.1) is 17.7 Å². The van der Waals surface area contributed by atoms with Crippen LogP contribution in [-0.4, -0.2) is 28.5 Å². The standard InChI is InChI=1S/C13H19N5S/c1-4-5-14-13-15-6-10(2)12(17-13)18(3)7-11-8-19-9-16-11/h6,8-9H,4-5,7H2,1-3H3,(H,14,15,17). The molecule has 1 N–H and O–H groups in total. The summed E-state index contributed by atoms with van der Waals surface area (Å²) in [7, 11) is 2.03. The molecule has 2 heterocycles. The lowest BCUT2D eigenvalue weighted by Gasteiger charge is -2.19. The topological polar surface area (TPSA) is 53.9 Å². The van der Waals surface area contributed by atoms with Crippen molar-refractivity contribution in [3.05, 3.63) is 28.3 Å². The zero-order valence-corrected chi connectivity index (χ0v) is 12.4. The van der Waals surface area contributed by atoms with E-state index >= 15 is 0 Å². The molecular weight excluding hydrogens is 258 g/mol. The van der Waals surface area contributed by atoms with Crippen LogP contribution in [0.3, 0.4) is 0 Å². The summed E-state index contributed by atoms with van der Waals surface area (Å²) in [6.45, 7) is 5.79. The number of nitrogens with one attached hydrogen (secondary N) is 1. The molecular formula is C13H19N5S. The lowest BCUT2D eigenvalue weighted by Crippen LogP contribution is -2.20. The van der Waals surface area contributed by atoms with Crippen LogP contribution in [0.1, 0.15) is 24.6 Å². The Bertz CT molecular complexity index is 512. The largest absolute Gasteiger partial charge is 0.354 e. The van der Waals surface area contributed by atoms with E-state index in [9.17, 15) is 0 Å². The molecule has 0 atom stereocenters. The van der Waals surface area contributed by atoms with Gasteiger partial charge in [-0.2, -0.15) is 4.98 Å². The van der Waals surface area contributed by atoms with Gasteiger partial charge in [0.2, 0.25) is 5.95 Å². The van der Waals surface area contributed by atoms with Crippen LogP contribution < -0.4 is 10.2 Å². The first-order valence-electron chi connectivity index (χ1n) is 6.36. The highest BCUT2D eigenvalue weighted by molar-refractivity contribution is 7.07. The number of hydrogen-bond acceptors (Lipinski definition) is 6. The van der Waals surface area contributed by atoms with Crippen molar-refractivity contribution in [3.63, 3.8) is 0 Å². The smallest absolute Gasteiger partial charge is 0.224 e. The molecule has 2 aromatic heterocycles. The first-order valence-corrected chi connectivity index (χ1v) is 7.30. The van der Waals surface area contributed by atoms with Gasteiger partial charge in [0.1, 0.15) is 5.82 Å². The maximum Gasteiger partial charge on any atom is 0.224 e. The van der Waals surface area contributed by atoms with E-state index in [1.54, 1.807) is 11.3 Å². The molecule has 0 radical (unpaired) electrons. The molecule has 0 aromatic carbocycles. The first kappa shape index (κ1) is 13.7. The first-order chi connectivity index (χ1) is 9.20. The Kier molecular flexibility index (Phi) is 4.68. The SMILES string of the molecule is CCCNc1ncc(C)c(N(C)Cc2cscn2)n1. The second kappa shape index (κ2) is 6.47. The fourth-order valence-corrected chi connectivity index (χ4v) is 2.32. The third-order valence-corrected chi connectivity index (χ3v) is 3.36. The number of nitrogens with zero attached hydrogens (tertiary/aromatic N) is 4. The van der Waals surface area contributed by atoms with Crippen LogP contribution in [0.15, 0.2) is 17.1 Å². The minimum atomic E-state index is 0.688. The van der Waals surface area contributed by atoms with Crippen LogP contribution in [0.2, 0.25) is 0 Å². The predicted octanol–water partition coefficient (Wildman–Crippen LogP) is 2.70. The molecule has 0 aliphatic heterocycles. The fraction of sp³-hybridized carbons (Fsp3) is 0.462. The van der Waals surface area contributed by atoms with Gasteiger partial charge < -0.3 is 10.2 Å². The van der Waals surface area contributed by atoms with E-state index < -0.39 is 0 Å². The minimum Gasteiger partial charge on any atom is -0.354 e. The maximum atomic E-state index is 4.57. The van der Waals surface area contributed by atoms with Gasteiger partial charge in [0, 0.05) is 30.7 Å². The van der Waals surface area contributed by atoms with E-state index in [4.69, 9.17) is 0 Å². The van der Waals surface area contributed by atoms with Gasteiger partial charge in [0.25, 0.3) is 0 Å². The maximum absolute atomic E-state index is 4.57. The van der Waals surface area contributed by atoms with Gasteiger partial charge in [-0.05, 0) is 13.3 Å². The number of aryl methyl sites for hydroxylation is 1. The minimum absolute atomic E-state index is 0.688. The second-order valence-corrected chi connectivity index (χ2v) is 5.18. The Labute approximate surface area is 117 Å². The van der Waals surface area contributed by atoms with Crippen LogP contribution in [0.4, 0.5) is 11.8 Å². The third-order valence-electron chi connectivity index (χ3n) is 2.72. The molecule has 0 aliphatic rings. The van der Waals surface area contributed by atoms with E-state index in [1.165, 1.54) is 0 Å². The Hall–Kier alpha value is -1.69. The van der Waals surface area contributed by atoms with Crippen molar-refractivity contribution < 1.29 is 0 Å². The van der Waals surface area contributed by atoms with E-state index in [-0.39, 0.29) is 0 Å². The van der Waals surface area contributed by atoms with Crippen molar-refractivity contribution in [2.24, 2.45) is 0 Å². The van der Waals surface area contributed by atoms with E-state index in [1.807, 2.05) is 25.7 Å². The fourth-order valence-electron chi connectivity index (χ4n) is 1.77. The van der Waals surface area contributed by atoms with Gasteiger partial charge in [0.15, 0.2) is 0 Å². The second-order valence-electron chi connectivity index (χ2n) is 4.46. The number of hydrogen-bond donors (Lipinski definition) is 1. The van der Waals surface area contributed by atoms with Crippen LogP contribution in [0, 0.1) is 6.92 Å². The molecule has 0 bridgehead atoms. The highest BCUT2D eigenvalue weighted by Crippen LogP contribution is 2.18. The zero-order valence-electron chi connectivity index (χ0n) is 11.6. The normalized spacial score (nSPS) is 10.5. The summed E-state index contributed by atoms with van der Waals surface area (Å²) >= 11 is 1.61. The lowest BCUT2D eigenvalue weighted by atomic mass is 10.3. The van der Waals surface area contributed by atoms with E-state index in [2.05, 4.69) is 37.5 Å². The van der Waals surface area contributed by atoms with Gasteiger partial charge in [-0.15, -0.1) is 11.3 Å². The zero-order chi connectivity index (χ0) is 13.7. The third kappa shape index (κ3) is 3.64. The number of anilines is 2. The quantitative estimate of drug-likeness (QED) is 0.880. The van der Waals surface area contributed by atoms with Gasteiger partial charge >= 0.3 is 0 Å². The molecule has 0 saturated carbocycles. The summed E-state index contributed by atoms with van der Waals surface area (Å²) in [5.41, 5.74) is 3.98. The molecule has 0 aliphatic carbocycles. The average Bonchev–Trinajstić information content (AvgIpc) is 2.90. The highest BCUT2D eigenvalue weighted by atomic mass is 32.1. The van der Waals surface area contributed by atoms with Crippen LogP contribution in [0.25, 0.3) is 0 Å². The predicted molar refractivity (Wildman–Crippen MR) is 79.8 cm³/mol. The molecule has 102 valence electrons. The van der Waals surface area contributed by atoms with Crippen molar-refractivity contribution in [2.45, 2.75) is 26.8 Å². The molecule has 0 spiro atoms. The monoisotopic (exact) mass is 277 g/mol. The summed E-state index contributed by atoms with van der Waals surface area (Å²) in [6.07, 6.45) is 2.92. The van der Waals surface area contributed by atoms with Gasteiger partial charge in [-0.3, -0.25) is 0 Å². The molecule has 0 amide bonds. The summed E-state index contributed by atoms with van der Waals surface area (Å²) in [4.78, 5) is 15.3. The van der Waals surface area contributed by atoms with Crippen molar-refractivity contribution in [3.8, 4) is 0 Å².